The highest BCUT2D eigenvalue weighted by molar-refractivity contribution is 5.52. The molecule has 0 saturated carbocycles. The molecule has 0 amide bonds. The Hall–Kier alpha value is -2.97. The monoisotopic (exact) mass is 329 g/mol. The van der Waals surface area contributed by atoms with Crippen molar-refractivity contribution < 1.29 is 32.3 Å². The summed E-state index contributed by atoms with van der Waals surface area (Å²) < 4.78 is 50.5. The van der Waals surface area contributed by atoms with Crippen LogP contribution in [0.4, 0.5) is 18.9 Å². The second-order valence-electron chi connectivity index (χ2n) is 4.22. The summed E-state index contributed by atoms with van der Waals surface area (Å²) in [4.78, 5) is 10.3. The van der Waals surface area contributed by atoms with Gasteiger partial charge in [0, 0.05) is 6.07 Å². The molecule has 0 N–H and O–H groups in total. The number of rotatable bonds is 5. The molecular weight excluding hydrogens is 319 g/mol. The highest BCUT2D eigenvalue weighted by atomic mass is 19.4. The predicted molar refractivity (Wildman–Crippen MR) is 72.8 cm³/mol. The Morgan fingerprint density at radius 3 is 2.30 bits per heavy atom. The maximum Gasteiger partial charge on any atom is 0.573 e. The van der Waals surface area contributed by atoms with Crippen LogP contribution in [0.25, 0.3) is 0 Å². The van der Waals surface area contributed by atoms with Crippen molar-refractivity contribution in [1.82, 2.24) is 0 Å². The fraction of sp³-hybridized carbons (Fsp3) is 0.143. The van der Waals surface area contributed by atoms with Crippen LogP contribution in [0.5, 0.6) is 23.0 Å². The molecular formula is C14H10F3NO5. The summed E-state index contributed by atoms with van der Waals surface area (Å²) in [6, 6.07) is 8.64. The topological polar surface area (TPSA) is 70.8 Å². The average Bonchev–Trinajstić information content (AvgIpc) is 2.45. The van der Waals surface area contributed by atoms with Crippen molar-refractivity contribution in [1.29, 1.82) is 0 Å². The molecule has 0 aliphatic rings. The van der Waals surface area contributed by atoms with Gasteiger partial charge >= 0.3 is 12.0 Å². The molecule has 0 aliphatic carbocycles. The number of benzene rings is 2. The van der Waals surface area contributed by atoms with E-state index in [2.05, 4.69) is 4.74 Å². The van der Waals surface area contributed by atoms with E-state index in [0.717, 1.165) is 18.2 Å². The summed E-state index contributed by atoms with van der Waals surface area (Å²) in [5, 5.41) is 10.9. The van der Waals surface area contributed by atoms with Crippen molar-refractivity contribution in [3.8, 4) is 23.0 Å². The van der Waals surface area contributed by atoms with Crippen LogP contribution in [0, 0.1) is 10.1 Å². The third-order valence-corrected chi connectivity index (χ3v) is 2.62. The lowest BCUT2D eigenvalue weighted by Crippen LogP contribution is -2.17. The second kappa shape index (κ2) is 6.42. The number of nitrogens with zero attached hydrogens (tertiary/aromatic N) is 1. The van der Waals surface area contributed by atoms with Crippen molar-refractivity contribution >= 4 is 5.69 Å². The van der Waals surface area contributed by atoms with Crippen LogP contribution in [0.2, 0.25) is 0 Å². The molecule has 0 saturated heterocycles. The number of alkyl halides is 3. The van der Waals surface area contributed by atoms with E-state index in [9.17, 15) is 23.3 Å². The van der Waals surface area contributed by atoms with Gasteiger partial charge in [0.2, 0.25) is 0 Å². The quantitative estimate of drug-likeness (QED) is 0.604. The highest BCUT2D eigenvalue weighted by Crippen LogP contribution is 2.34. The Kier molecular flexibility index (Phi) is 4.58. The second-order valence-corrected chi connectivity index (χ2v) is 4.22. The Bertz CT molecular complexity index is 718. The molecule has 0 spiro atoms. The average molecular weight is 329 g/mol. The van der Waals surface area contributed by atoms with Gasteiger partial charge in [-0.3, -0.25) is 10.1 Å². The van der Waals surface area contributed by atoms with E-state index in [4.69, 9.17) is 9.47 Å². The normalized spacial score (nSPS) is 11.0. The minimum atomic E-state index is -4.82. The smallest absolute Gasteiger partial charge is 0.490 e. The van der Waals surface area contributed by atoms with Gasteiger partial charge in [0.25, 0.3) is 0 Å². The molecule has 2 rings (SSSR count). The Labute approximate surface area is 128 Å². The molecule has 0 atom stereocenters. The molecule has 0 radical (unpaired) electrons. The fourth-order valence-electron chi connectivity index (χ4n) is 1.75. The van der Waals surface area contributed by atoms with Crippen LogP contribution < -0.4 is 14.2 Å². The lowest BCUT2D eigenvalue weighted by Gasteiger charge is -2.11. The first-order chi connectivity index (χ1) is 10.8. The van der Waals surface area contributed by atoms with E-state index in [-0.39, 0.29) is 22.9 Å². The van der Waals surface area contributed by atoms with Crippen molar-refractivity contribution in [2.45, 2.75) is 6.36 Å². The number of nitro groups is 1. The Morgan fingerprint density at radius 2 is 1.70 bits per heavy atom. The number of methoxy groups -OCH3 is 1. The summed E-state index contributed by atoms with van der Waals surface area (Å²) in [6.07, 6.45) is -4.82. The number of hydrogen-bond donors (Lipinski definition) is 0. The zero-order chi connectivity index (χ0) is 17.0. The van der Waals surface area contributed by atoms with Crippen molar-refractivity contribution in [2.24, 2.45) is 0 Å². The van der Waals surface area contributed by atoms with Gasteiger partial charge in [-0.1, -0.05) is 6.07 Å². The van der Waals surface area contributed by atoms with Crippen LogP contribution in [0.3, 0.4) is 0 Å². The number of hydrogen-bond acceptors (Lipinski definition) is 5. The molecule has 0 unspecified atom stereocenters. The number of nitro benzene ring substituents is 1. The molecule has 9 heteroatoms. The van der Waals surface area contributed by atoms with Crippen LogP contribution in [0.1, 0.15) is 0 Å². The summed E-state index contributed by atoms with van der Waals surface area (Å²) in [5.41, 5.74) is -0.326. The first-order valence-corrected chi connectivity index (χ1v) is 6.14. The Balaban J connectivity index is 2.24. The maximum absolute atomic E-state index is 12.2. The van der Waals surface area contributed by atoms with Crippen LogP contribution >= 0.6 is 0 Å². The molecule has 0 fully saturated rings. The third-order valence-electron chi connectivity index (χ3n) is 2.62. The molecule has 0 aliphatic heterocycles. The minimum Gasteiger partial charge on any atom is -0.490 e. The van der Waals surface area contributed by atoms with Crippen molar-refractivity contribution in [2.75, 3.05) is 7.11 Å². The standard InChI is InChI=1S/C14H10F3NO5/c1-21-13-6-5-10(8-12(13)18(19)20)22-9-3-2-4-11(7-9)23-14(15,16)17/h2-8H,1H3. The summed E-state index contributed by atoms with van der Waals surface area (Å²) in [7, 11) is 1.28. The van der Waals surface area contributed by atoms with E-state index in [1.165, 1.54) is 31.4 Å². The van der Waals surface area contributed by atoms with E-state index >= 15 is 0 Å². The number of halogens is 3. The molecule has 0 heterocycles. The van der Waals surface area contributed by atoms with Gasteiger partial charge in [0.05, 0.1) is 18.1 Å². The SMILES string of the molecule is COc1ccc(Oc2cccc(OC(F)(F)F)c2)cc1[N+](=O)[O-]. The molecule has 2 aromatic carbocycles. The van der Waals surface area contributed by atoms with E-state index in [0.29, 0.717) is 0 Å². The van der Waals surface area contributed by atoms with Gasteiger partial charge in [-0.25, -0.2) is 0 Å². The van der Waals surface area contributed by atoms with Crippen molar-refractivity contribution in [3.05, 3.63) is 52.6 Å². The summed E-state index contributed by atoms with van der Waals surface area (Å²) in [6.45, 7) is 0. The zero-order valence-corrected chi connectivity index (χ0v) is 11.7. The number of ether oxygens (including phenoxy) is 3. The molecule has 0 bridgehead atoms. The van der Waals surface area contributed by atoms with Gasteiger partial charge < -0.3 is 14.2 Å². The molecule has 23 heavy (non-hydrogen) atoms. The third kappa shape index (κ3) is 4.50. The van der Waals surface area contributed by atoms with Crippen molar-refractivity contribution in [3.63, 3.8) is 0 Å². The van der Waals surface area contributed by atoms with Gasteiger partial charge in [0.1, 0.15) is 17.2 Å². The summed E-state index contributed by atoms with van der Waals surface area (Å²) >= 11 is 0. The largest absolute Gasteiger partial charge is 0.573 e. The van der Waals surface area contributed by atoms with Gasteiger partial charge in [0.15, 0.2) is 5.75 Å². The molecule has 0 aromatic heterocycles. The van der Waals surface area contributed by atoms with E-state index < -0.39 is 17.0 Å². The van der Waals surface area contributed by atoms with Crippen LogP contribution in [-0.2, 0) is 0 Å². The molecule has 6 nitrogen and oxygen atoms in total. The zero-order valence-electron chi connectivity index (χ0n) is 11.7. The highest BCUT2D eigenvalue weighted by Gasteiger charge is 2.31. The minimum absolute atomic E-state index is 0.0335. The van der Waals surface area contributed by atoms with Crippen LogP contribution in [0.15, 0.2) is 42.5 Å². The first-order valence-electron chi connectivity index (χ1n) is 6.14. The van der Waals surface area contributed by atoms with Gasteiger partial charge in [-0.2, -0.15) is 0 Å². The Morgan fingerprint density at radius 1 is 1.04 bits per heavy atom. The lowest BCUT2D eigenvalue weighted by molar-refractivity contribution is -0.385. The van der Waals surface area contributed by atoms with Gasteiger partial charge in [-0.15, -0.1) is 13.2 Å². The first kappa shape index (κ1) is 16.4. The molecule has 2 aromatic rings. The molecule has 122 valence electrons. The van der Waals surface area contributed by atoms with E-state index in [1.807, 2.05) is 0 Å². The fourth-order valence-corrected chi connectivity index (χ4v) is 1.75. The van der Waals surface area contributed by atoms with Gasteiger partial charge in [-0.05, 0) is 24.3 Å². The van der Waals surface area contributed by atoms with E-state index in [1.54, 1.807) is 0 Å². The maximum atomic E-state index is 12.2. The predicted octanol–water partition coefficient (Wildman–Crippen LogP) is 4.29. The summed E-state index contributed by atoms with van der Waals surface area (Å²) in [5.74, 6) is -0.317. The lowest BCUT2D eigenvalue weighted by atomic mass is 10.2. The van der Waals surface area contributed by atoms with Crippen LogP contribution in [-0.4, -0.2) is 18.4 Å².